The van der Waals surface area contributed by atoms with E-state index in [1.165, 1.54) is 30.4 Å². The zero-order chi connectivity index (χ0) is 15.9. The number of amides is 2. The molecule has 3 rings (SSSR count). The summed E-state index contributed by atoms with van der Waals surface area (Å²) in [5.74, 6) is -0.831. The molecule has 2 aromatic rings. The van der Waals surface area contributed by atoms with Crippen LogP contribution in [0.2, 0.25) is 0 Å². The lowest BCUT2D eigenvalue weighted by atomic mass is 10.2. The van der Waals surface area contributed by atoms with E-state index in [4.69, 9.17) is 0 Å². The molecule has 0 radical (unpaired) electrons. The van der Waals surface area contributed by atoms with Crippen LogP contribution in [0.4, 0.5) is 5.13 Å². The van der Waals surface area contributed by atoms with Crippen molar-refractivity contribution < 1.29 is 18.0 Å². The van der Waals surface area contributed by atoms with Crippen LogP contribution in [-0.2, 0) is 21.4 Å². The Kier molecular flexibility index (Phi) is 3.45. The number of nitrogens with zero attached hydrogens (tertiary/aromatic N) is 2. The van der Waals surface area contributed by atoms with Crippen LogP contribution in [0.5, 0.6) is 0 Å². The average molecular weight is 337 g/mol. The van der Waals surface area contributed by atoms with Crippen LogP contribution < -0.4 is 5.32 Å². The van der Waals surface area contributed by atoms with Crippen molar-refractivity contribution >= 4 is 38.3 Å². The average Bonchev–Trinajstić information content (AvgIpc) is 2.96. The zero-order valence-electron chi connectivity index (χ0n) is 11.4. The fourth-order valence-electron chi connectivity index (χ4n) is 2.12. The third-order valence-electron chi connectivity index (χ3n) is 3.05. The first-order chi connectivity index (χ1) is 10.4. The van der Waals surface area contributed by atoms with E-state index < -0.39 is 15.9 Å². The molecule has 1 aromatic carbocycles. The van der Waals surface area contributed by atoms with Crippen molar-refractivity contribution in [1.29, 1.82) is 0 Å². The second kappa shape index (κ2) is 5.18. The number of hydrogen-bond acceptors (Lipinski definition) is 6. The summed E-state index contributed by atoms with van der Waals surface area (Å²) in [4.78, 5) is 27.3. The van der Waals surface area contributed by atoms with Gasteiger partial charge in [0.05, 0.1) is 17.8 Å². The second-order valence-corrected chi connectivity index (χ2v) is 7.33. The summed E-state index contributed by atoms with van der Waals surface area (Å²) in [6, 6.07) is 6.09. The predicted molar refractivity (Wildman–Crippen MR) is 79.9 cm³/mol. The van der Waals surface area contributed by atoms with E-state index in [0.717, 1.165) is 4.31 Å². The number of sulfonamides is 1. The minimum absolute atomic E-state index is 0.0114. The van der Waals surface area contributed by atoms with Gasteiger partial charge in [0.25, 0.3) is 15.9 Å². The van der Waals surface area contributed by atoms with Crippen LogP contribution in [0.1, 0.15) is 23.0 Å². The Balaban J connectivity index is 1.89. The van der Waals surface area contributed by atoms with Crippen molar-refractivity contribution in [1.82, 2.24) is 9.29 Å². The molecule has 1 aliphatic rings. The van der Waals surface area contributed by atoms with Crippen molar-refractivity contribution in [2.45, 2.75) is 18.4 Å². The molecule has 0 fully saturated rings. The van der Waals surface area contributed by atoms with Gasteiger partial charge in [0.1, 0.15) is 4.90 Å². The molecule has 22 heavy (non-hydrogen) atoms. The lowest BCUT2D eigenvalue weighted by Crippen LogP contribution is -2.29. The van der Waals surface area contributed by atoms with Gasteiger partial charge in [-0.2, -0.15) is 0 Å². The Bertz CT molecular complexity index is 873. The maximum atomic E-state index is 12.4. The number of nitrogens with one attached hydrogen (secondary N) is 1. The van der Waals surface area contributed by atoms with Crippen molar-refractivity contribution in [2.24, 2.45) is 0 Å². The van der Waals surface area contributed by atoms with Crippen molar-refractivity contribution in [2.75, 3.05) is 5.32 Å². The summed E-state index contributed by atoms with van der Waals surface area (Å²) in [6.45, 7) is 1.19. The molecule has 1 N–H and O–H groups in total. The van der Waals surface area contributed by atoms with Crippen LogP contribution in [0, 0.1) is 0 Å². The smallest absolute Gasteiger partial charge is 0.269 e. The Hall–Kier alpha value is -2.26. The van der Waals surface area contributed by atoms with Gasteiger partial charge < -0.3 is 5.32 Å². The number of fused-ring (bicyclic) bond motifs is 1. The van der Waals surface area contributed by atoms with Crippen LogP contribution >= 0.6 is 11.3 Å². The maximum absolute atomic E-state index is 12.4. The molecule has 114 valence electrons. The highest BCUT2D eigenvalue weighted by atomic mass is 32.2. The van der Waals surface area contributed by atoms with Crippen molar-refractivity contribution in [3.63, 3.8) is 0 Å². The summed E-state index contributed by atoms with van der Waals surface area (Å²) in [6.07, 6.45) is 0. The Morgan fingerprint density at radius 3 is 2.77 bits per heavy atom. The SMILES string of the molecule is CC(=O)Nc1nc(CN2C(=O)c3ccccc3S2(=O)=O)cs1. The molecule has 0 bridgehead atoms. The normalized spacial score (nSPS) is 15.7. The molecule has 1 aliphatic heterocycles. The molecule has 0 unspecified atom stereocenters. The Morgan fingerprint density at radius 2 is 2.09 bits per heavy atom. The molecule has 2 heterocycles. The summed E-state index contributed by atoms with van der Waals surface area (Å²) in [5, 5.41) is 4.49. The third kappa shape index (κ3) is 2.38. The third-order valence-corrected chi connectivity index (χ3v) is 5.65. The quantitative estimate of drug-likeness (QED) is 0.914. The van der Waals surface area contributed by atoms with E-state index in [9.17, 15) is 18.0 Å². The molecule has 0 aliphatic carbocycles. The van der Waals surface area contributed by atoms with E-state index >= 15 is 0 Å². The van der Waals surface area contributed by atoms with Gasteiger partial charge in [0.15, 0.2) is 5.13 Å². The van der Waals surface area contributed by atoms with Crippen LogP contribution in [0.3, 0.4) is 0 Å². The van der Waals surface area contributed by atoms with Crippen LogP contribution in [0.15, 0.2) is 34.5 Å². The summed E-state index contributed by atoms with van der Waals surface area (Å²) < 4.78 is 25.6. The number of hydrogen-bond donors (Lipinski definition) is 1. The van der Waals surface area contributed by atoms with Gasteiger partial charge in [-0.25, -0.2) is 17.7 Å². The highest BCUT2D eigenvalue weighted by molar-refractivity contribution is 7.90. The largest absolute Gasteiger partial charge is 0.302 e. The number of thiazole rings is 1. The van der Waals surface area contributed by atoms with Gasteiger partial charge in [-0.05, 0) is 12.1 Å². The highest BCUT2D eigenvalue weighted by Gasteiger charge is 2.41. The number of rotatable bonds is 3. The number of aromatic nitrogens is 1. The Morgan fingerprint density at radius 1 is 1.36 bits per heavy atom. The molecule has 0 saturated heterocycles. The predicted octanol–water partition coefficient (Wildman–Crippen LogP) is 1.45. The van der Waals surface area contributed by atoms with Crippen molar-refractivity contribution in [3.8, 4) is 0 Å². The summed E-state index contributed by atoms with van der Waals surface area (Å²) >= 11 is 1.17. The lowest BCUT2D eigenvalue weighted by Gasteiger charge is -2.13. The first-order valence-corrected chi connectivity index (χ1v) is 8.59. The fourth-order valence-corrected chi connectivity index (χ4v) is 4.41. The van der Waals surface area contributed by atoms with Gasteiger partial charge in [-0.15, -0.1) is 11.3 Å². The first kappa shape index (κ1) is 14.7. The summed E-state index contributed by atoms with van der Waals surface area (Å²) in [5.41, 5.74) is 0.568. The number of anilines is 1. The topological polar surface area (TPSA) is 96.4 Å². The molecular weight excluding hydrogens is 326 g/mol. The van der Waals surface area contributed by atoms with Gasteiger partial charge in [-0.3, -0.25) is 9.59 Å². The minimum Gasteiger partial charge on any atom is -0.302 e. The minimum atomic E-state index is -3.85. The molecular formula is C13H11N3O4S2. The monoisotopic (exact) mass is 337 g/mol. The lowest BCUT2D eigenvalue weighted by molar-refractivity contribution is -0.114. The molecule has 1 aromatic heterocycles. The molecule has 7 nitrogen and oxygen atoms in total. The van der Waals surface area contributed by atoms with Crippen LogP contribution in [0.25, 0.3) is 0 Å². The molecule has 0 atom stereocenters. The molecule has 0 spiro atoms. The van der Waals surface area contributed by atoms with Gasteiger partial charge in [0.2, 0.25) is 5.91 Å². The number of carbonyl (C=O) groups is 2. The van der Waals surface area contributed by atoms with E-state index in [2.05, 4.69) is 10.3 Å². The zero-order valence-corrected chi connectivity index (χ0v) is 13.1. The van der Waals surface area contributed by atoms with Crippen molar-refractivity contribution in [3.05, 3.63) is 40.9 Å². The first-order valence-electron chi connectivity index (χ1n) is 6.27. The standard InChI is InChI=1S/C13H11N3O4S2/c1-8(17)14-13-15-9(7-21-13)6-16-12(18)10-4-2-3-5-11(10)22(16,19)20/h2-5,7H,6H2,1H3,(H,14,15,17). The van der Waals surface area contributed by atoms with Gasteiger partial charge >= 0.3 is 0 Å². The van der Waals surface area contributed by atoms with Crippen LogP contribution in [-0.4, -0.2) is 29.5 Å². The van der Waals surface area contributed by atoms with E-state index in [1.54, 1.807) is 17.5 Å². The van der Waals surface area contributed by atoms with E-state index in [0.29, 0.717) is 10.8 Å². The molecule has 0 saturated carbocycles. The molecule has 2 amide bonds. The summed E-state index contributed by atoms with van der Waals surface area (Å²) in [7, 11) is -3.85. The molecule has 9 heteroatoms. The van der Waals surface area contributed by atoms with E-state index in [1.807, 2.05) is 0 Å². The van der Waals surface area contributed by atoms with E-state index in [-0.39, 0.29) is 22.9 Å². The second-order valence-electron chi connectivity index (χ2n) is 4.64. The number of benzene rings is 1. The fraction of sp³-hybridized carbons (Fsp3) is 0.154. The Labute approximate surface area is 130 Å². The number of carbonyl (C=O) groups excluding carboxylic acids is 2. The highest BCUT2D eigenvalue weighted by Crippen LogP contribution is 2.31. The van der Waals surface area contributed by atoms with Gasteiger partial charge in [-0.1, -0.05) is 12.1 Å². The maximum Gasteiger partial charge on any atom is 0.269 e. The van der Waals surface area contributed by atoms with Gasteiger partial charge in [0, 0.05) is 12.3 Å².